The smallest absolute Gasteiger partial charge is 0.376 e. The van der Waals surface area contributed by atoms with Crippen molar-refractivity contribution in [1.29, 1.82) is 0 Å². The highest BCUT2D eigenvalue weighted by Crippen LogP contribution is 2.05. The van der Waals surface area contributed by atoms with Crippen molar-refractivity contribution < 1.29 is 13.3 Å². The molecular formula is C15H36O3Si. The summed E-state index contributed by atoms with van der Waals surface area (Å²) in [4.78, 5) is 0. The van der Waals surface area contributed by atoms with Gasteiger partial charge in [-0.2, -0.15) is 0 Å². The molecule has 0 radical (unpaired) electrons. The Morgan fingerprint density at radius 2 is 0.842 bits per heavy atom. The summed E-state index contributed by atoms with van der Waals surface area (Å²) < 4.78 is 15.7. The minimum atomic E-state index is -1.73. The summed E-state index contributed by atoms with van der Waals surface area (Å²) in [5, 5.41) is 0. The van der Waals surface area contributed by atoms with Gasteiger partial charge >= 0.3 is 9.53 Å². The van der Waals surface area contributed by atoms with Crippen LogP contribution in [-0.4, -0.2) is 29.3 Å². The Balaban J connectivity index is 0. The Labute approximate surface area is 123 Å². The zero-order valence-electron chi connectivity index (χ0n) is 13.9. The van der Waals surface area contributed by atoms with Crippen molar-refractivity contribution in [3.63, 3.8) is 0 Å². The van der Waals surface area contributed by atoms with Gasteiger partial charge in [-0.05, 0) is 20.8 Å². The highest BCUT2D eigenvalue weighted by Gasteiger charge is 2.11. The standard InChI is InChI=1S/C9H20.C6H16O3Si/c1-3-5-7-9-8-6-4-2;1-4-7-10(8-5-2)9-6-3/h3-9H2,1-2H3;10H,4-6H2,1-3H3. The lowest BCUT2D eigenvalue weighted by Crippen LogP contribution is -2.27. The summed E-state index contributed by atoms with van der Waals surface area (Å²) in [5.74, 6) is 0. The molecular weight excluding hydrogens is 256 g/mol. The van der Waals surface area contributed by atoms with E-state index in [9.17, 15) is 0 Å². The van der Waals surface area contributed by atoms with Gasteiger partial charge < -0.3 is 13.3 Å². The van der Waals surface area contributed by atoms with Crippen molar-refractivity contribution in [2.75, 3.05) is 19.8 Å². The van der Waals surface area contributed by atoms with E-state index in [2.05, 4.69) is 13.8 Å². The second-order valence-electron chi connectivity index (χ2n) is 4.42. The van der Waals surface area contributed by atoms with Crippen LogP contribution >= 0.6 is 0 Å². The summed E-state index contributed by atoms with van der Waals surface area (Å²) in [6.07, 6.45) is 9.97. The van der Waals surface area contributed by atoms with Crippen molar-refractivity contribution in [2.24, 2.45) is 0 Å². The van der Waals surface area contributed by atoms with Crippen molar-refractivity contribution in [3.8, 4) is 0 Å². The Kier molecular flexibility index (Phi) is 23.0. The molecule has 0 saturated carbocycles. The van der Waals surface area contributed by atoms with Gasteiger partial charge in [0.15, 0.2) is 0 Å². The number of unbranched alkanes of at least 4 members (excludes halogenated alkanes) is 6. The van der Waals surface area contributed by atoms with Crippen LogP contribution in [0.2, 0.25) is 0 Å². The van der Waals surface area contributed by atoms with Crippen LogP contribution in [0.4, 0.5) is 0 Å². The third-order valence-electron chi connectivity index (χ3n) is 2.62. The highest BCUT2D eigenvalue weighted by molar-refractivity contribution is 6.36. The van der Waals surface area contributed by atoms with Gasteiger partial charge in [-0.3, -0.25) is 0 Å². The molecule has 3 nitrogen and oxygen atoms in total. The molecule has 0 spiro atoms. The zero-order valence-corrected chi connectivity index (χ0v) is 15.0. The fourth-order valence-corrected chi connectivity index (χ4v) is 2.69. The summed E-state index contributed by atoms with van der Waals surface area (Å²) in [7, 11) is -1.73. The average molecular weight is 293 g/mol. The van der Waals surface area contributed by atoms with Crippen LogP contribution in [0.15, 0.2) is 0 Å². The van der Waals surface area contributed by atoms with Crippen LogP contribution in [0.3, 0.4) is 0 Å². The van der Waals surface area contributed by atoms with E-state index in [4.69, 9.17) is 13.3 Å². The van der Waals surface area contributed by atoms with Gasteiger partial charge in [0.2, 0.25) is 0 Å². The molecule has 0 aromatic heterocycles. The van der Waals surface area contributed by atoms with E-state index in [0.29, 0.717) is 19.8 Å². The van der Waals surface area contributed by atoms with E-state index in [1.54, 1.807) is 0 Å². The Morgan fingerprint density at radius 1 is 0.526 bits per heavy atom. The van der Waals surface area contributed by atoms with Gasteiger partial charge in [0.05, 0.1) is 0 Å². The molecule has 0 bridgehead atoms. The molecule has 0 heterocycles. The first-order valence-corrected chi connectivity index (χ1v) is 9.52. The van der Waals surface area contributed by atoms with E-state index < -0.39 is 9.53 Å². The molecule has 0 atom stereocenters. The number of hydrogen-bond acceptors (Lipinski definition) is 3. The van der Waals surface area contributed by atoms with Crippen LogP contribution in [-0.2, 0) is 13.3 Å². The molecule has 19 heavy (non-hydrogen) atoms. The maximum atomic E-state index is 5.22. The lowest BCUT2D eigenvalue weighted by molar-refractivity contribution is 0.107. The molecule has 0 aromatic carbocycles. The molecule has 0 saturated heterocycles. The SMILES string of the molecule is CCCCCCCCC.CCO[SiH](OCC)OCC. The number of rotatable bonds is 12. The topological polar surface area (TPSA) is 27.7 Å². The zero-order chi connectivity index (χ0) is 14.8. The molecule has 118 valence electrons. The third kappa shape index (κ3) is 20.6. The normalized spacial score (nSPS) is 10.4. The largest absolute Gasteiger partial charge is 0.484 e. The molecule has 0 aliphatic rings. The van der Waals surface area contributed by atoms with Crippen LogP contribution in [0, 0.1) is 0 Å². The fourth-order valence-electron chi connectivity index (χ4n) is 1.58. The summed E-state index contributed by atoms with van der Waals surface area (Å²) in [6, 6.07) is 0. The van der Waals surface area contributed by atoms with Crippen LogP contribution < -0.4 is 0 Å². The summed E-state index contributed by atoms with van der Waals surface area (Å²) in [5.41, 5.74) is 0. The second kappa shape index (κ2) is 20.4. The highest BCUT2D eigenvalue weighted by atomic mass is 28.3. The monoisotopic (exact) mass is 292 g/mol. The van der Waals surface area contributed by atoms with Crippen LogP contribution in [0.25, 0.3) is 0 Å². The van der Waals surface area contributed by atoms with Crippen molar-refractivity contribution in [2.45, 2.75) is 79.6 Å². The lowest BCUT2D eigenvalue weighted by Gasteiger charge is -2.12. The van der Waals surface area contributed by atoms with Crippen LogP contribution in [0.5, 0.6) is 0 Å². The van der Waals surface area contributed by atoms with Crippen molar-refractivity contribution in [3.05, 3.63) is 0 Å². The first-order chi connectivity index (χ1) is 9.26. The van der Waals surface area contributed by atoms with Gasteiger partial charge in [0.1, 0.15) is 0 Å². The Hall–Kier alpha value is 0.0969. The van der Waals surface area contributed by atoms with Gasteiger partial charge in [-0.15, -0.1) is 0 Å². The van der Waals surface area contributed by atoms with Crippen LogP contribution in [0.1, 0.15) is 79.6 Å². The first kappa shape index (κ1) is 21.4. The Bertz CT molecular complexity index is 125. The van der Waals surface area contributed by atoms with Gasteiger partial charge in [0, 0.05) is 19.8 Å². The van der Waals surface area contributed by atoms with Gasteiger partial charge in [-0.1, -0.05) is 58.8 Å². The fraction of sp³-hybridized carbons (Fsp3) is 1.00. The van der Waals surface area contributed by atoms with Gasteiger partial charge in [-0.25, -0.2) is 0 Å². The van der Waals surface area contributed by atoms with E-state index in [-0.39, 0.29) is 0 Å². The minimum Gasteiger partial charge on any atom is -0.376 e. The average Bonchev–Trinajstić information content (AvgIpc) is 2.40. The second-order valence-corrected chi connectivity index (χ2v) is 6.00. The minimum absolute atomic E-state index is 0.677. The first-order valence-electron chi connectivity index (χ1n) is 8.11. The predicted octanol–water partition coefficient (Wildman–Crippen LogP) is 4.57. The maximum absolute atomic E-state index is 5.22. The maximum Gasteiger partial charge on any atom is 0.484 e. The molecule has 0 unspecified atom stereocenters. The van der Waals surface area contributed by atoms with E-state index in [0.717, 1.165) is 0 Å². The molecule has 0 aliphatic heterocycles. The molecule has 0 aromatic rings. The number of hydrogen-bond donors (Lipinski definition) is 0. The predicted molar refractivity (Wildman–Crippen MR) is 85.7 cm³/mol. The molecule has 4 heteroatoms. The van der Waals surface area contributed by atoms with Crippen molar-refractivity contribution >= 4 is 9.53 Å². The third-order valence-corrected chi connectivity index (χ3v) is 4.43. The summed E-state index contributed by atoms with van der Waals surface area (Å²) >= 11 is 0. The van der Waals surface area contributed by atoms with E-state index in [1.165, 1.54) is 44.9 Å². The lowest BCUT2D eigenvalue weighted by atomic mass is 10.1. The Morgan fingerprint density at radius 3 is 1.11 bits per heavy atom. The molecule has 0 N–H and O–H groups in total. The van der Waals surface area contributed by atoms with Crippen molar-refractivity contribution in [1.82, 2.24) is 0 Å². The summed E-state index contributed by atoms with van der Waals surface area (Å²) in [6.45, 7) is 12.4. The molecule has 0 amide bonds. The van der Waals surface area contributed by atoms with Gasteiger partial charge in [0.25, 0.3) is 0 Å². The molecule has 0 rings (SSSR count). The quantitative estimate of drug-likeness (QED) is 0.389. The molecule has 0 fully saturated rings. The van der Waals surface area contributed by atoms with E-state index >= 15 is 0 Å². The molecule has 0 aliphatic carbocycles. The van der Waals surface area contributed by atoms with E-state index in [1.807, 2.05) is 20.8 Å².